The molecule has 1 atom stereocenters. The molecule has 0 saturated heterocycles. The predicted molar refractivity (Wildman–Crippen MR) is 78.9 cm³/mol. The molecule has 21 heavy (non-hydrogen) atoms. The van der Waals surface area contributed by atoms with Crippen molar-refractivity contribution in [2.24, 2.45) is 5.92 Å². The minimum Gasteiger partial charge on any atom is -0.481 e. The van der Waals surface area contributed by atoms with Crippen LogP contribution in [0.1, 0.15) is 26.7 Å². The lowest BCUT2D eigenvalue weighted by Gasteiger charge is -2.23. The Hall–Kier alpha value is -2.11. The van der Waals surface area contributed by atoms with Crippen molar-refractivity contribution >= 4 is 17.7 Å². The highest BCUT2D eigenvalue weighted by molar-refractivity contribution is 5.92. The summed E-state index contributed by atoms with van der Waals surface area (Å²) in [5.74, 6) is -1.49. The molecule has 6 heteroatoms. The monoisotopic (exact) mass is 296 g/mol. The number of rotatable bonds is 7. The molecular weight excluding hydrogens is 275 g/mol. The van der Waals surface area contributed by atoms with Gasteiger partial charge in [-0.2, -0.15) is 0 Å². The Morgan fingerprint density at radius 2 is 2.00 bits per heavy atom. The van der Waals surface area contributed by atoms with Gasteiger partial charge >= 0.3 is 12.0 Å². The van der Waals surface area contributed by atoms with E-state index in [0.29, 0.717) is 13.0 Å². The third kappa shape index (κ3) is 5.06. The number of amides is 2. The lowest BCUT2D eigenvalue weighted by molar-refractivity contribution is -0.138. The Balaban J connectivity index is 2.68. The van der Waals surface area contributed by atoms with Gasteiger partial charge in [-0.05, 0) is 25.0 Å². The number of carboxylic acid groups (broad SMARTS) is 1. The fourth-order valence-electron chi connectivity index (χ4n) is 2.03. The molecule has 2 N–H and O–H groups in total. The van der Waals surface area contributed by atoms with Crippen molar-refractivity contribution in [3.63, 3.8) is 0 Å². The maximum absolute atomic E-state index is 13.7. The van der Waals surface area contributed by atoms with Crippen molar-refractivity contribution in [1.82, 2.24) is 5.32 Å². The number of carboxylic acids is 1. The highest BCUT2D eigenvalue weighted by Gasteiger charge is 2.18. The van der Waals surface area contributed by atoms with Crippen LogP contribution < -0.4 is 10.2 Å². The predicted octanol–water partition coefficient (Wildman–Crippen LogP) is 2.86. The second-order valence-electron chi connectivity index (χ2n) is 4.75. The fraction of sp³-hybridized carbons (Fsp3) is 0.467. The van der Waals surface area contributed by atoms with Crippen molar-refractivity contribution in [2.45, 2.75) is 26.7 Å². The molecule has 0 saturated carbocycles. The van der Waals surface area contributed by atoms with Crippen molar-refractivity contribution < 1.29 is 19.1 Å². The first-order valence-electron chi connectivity index (χ1n) is 7.01. The van der Waals surface area contributed by atoms with Gasteiger partial charge in [0.25, 0.3) is 0 Å². The molecule has 0 aliphatic heterocycles. The molecule has 0 bridgehead atoms. The molecule has 0 heterocycles. The summed E-state index contributed by atoms with van der Waals surface area (Å²) in [6.45, 7) is 4.20. The van der Waals surface area contributed by atoms with Crippen molar-refractivity contribution in [3.05, 3.63) is 30.1 Å². The largest absolute Gasteiger partial charge is 0.481 e. The number of nitrogens with zero attached hydrogens (tertiary/aromatic N) is 1. The molecule has 1 rings (SSSR count). The van der Waals surface area contributed by atoms with Gasteiger partial charge in [0.1, 0.15) is 5.82 Å². The maximum atomic E-state index is 13.7. The van der Waals surface area contributed by atoms with E-state index in [1.807, 2.05) is 6.92 Å². The molecular formula is C15H21FN2O3. The normalized spacial score (nSPS) is 11.8. The number of carbonyl (C=O) groups excluding carboxylic acids is 1. The maximum Gasteiger partial charge on any atom is 0.321 e. The molecule has 2 amide bonds. The summed E-state index contributed by atoms with van der Waals surface area (Å²) in [6.07, 6.45) is 0.654. The number of halogens is 1. The summed E-state index contributed by atoms with van der Waals surface area (Å²) in [6, 6.07) is 5.63. The summed E-state index contributed by atoms with van der Waals surface area (Å²) < 4.78 is 13.7. The van der Waals surface area contributed by atoms with Gasteiger partial charge in [0.2, 0.25) is 0 Å². The molecule has 0 aliphatic carbocycles. The quantitative estimate of drug-likeness (QED) is 0.813. The van der Waals surface area contributed by atoms with Gasteiger partial charge in [-0.1, -0.05) is 25.5 Å². The first-order valence-corrected chi connectivity index (χ1v) is 7.01. The second kappa shape index (κ2) is 8.24. The molecule has 1 unspecified atom stereocenters. The van der Waals surface area contributed by atoms with Crippen LogP contribution in [0.2, 0.25) is 0 Å². The van der Waals surface area contributed by atoms with E-state index in [9.17, 15) is 14.0 Å². The van der Waals surface area contributed by atoms with Crippen LogP contribution in [0.4, 0.5) is 14.9 Å². The van der Waals surface area contributed by atoms with E-state index in [2.05, 4.69) is 5.32 Å². The number of hydrogen-bond acceptors (Lipinski definition) is 2. The van der Waals surface area contributed by atoms with Gasteiger partial charge in [-0.15, -0.1) is 0 Å². The fourth-order valence-corrected chi connectivity index (χ4v) is 2.03. The number of carbonyl (C=O) groups is 2. The number of para-hydroxylation sites is 1. The first kappa shape index (κ1) is 16.9. The van der Waals surface area contributed by atoms with Gasteiger partial charge in [-0.3, -0.25) is 9.69 Å². The summed E-state index contributed by atoms with van der Waals surface area (Å²) >= 11 is 0. The molecule has 0 spiro atoms. The van der Waals surface area contributed by atoms with Crippen LogP contribution in [-0.2, 0) is 4.79 Å². The van der Waals surface area contributed by atoms with Gasteiger partial charge in [0.15, 0.2) is 0 Å². The Labute approximate surface area is 123 Å². The summed E-state index contributed by atoms with van der Waals surface area (Å²) in [7, 11) is 0. The lowest BCUT2D eigenvalue weighted by atomic mass is 10.0. The number of urea groups is 1. The third-order valence-corrected chi connectivity index (χ3v) is 3.29. The van der Waals surface area contributed by atoms with E-state index in [1.165, 1.54) is 17.0 Å². The van der Waals surface area contributed by atoms with Crippen LogP contribution in [0.5, 0.6) is 0 Å². The Morgan fingerprint density at radius 3 is 2.52 bits per heavy atom. The average molecular weight is 296 g/mol. The zero-order chi connectivity index (χ0) is 15.8. The summed E-state index contributed by atoms with van der Waals surface area (Å²) in [4.78, 5) is 24.1. The molecule has 5 nitrogen and oxygen atoms in total. The second-order valence-corrected chi connectivity index (χ2v) is 4.75. The average Bonchev–Trinajstić information content (AvgIpc) is 2.45. The van der Waals surface area contributed by atoms with Crippen molar-refractivity contribution in [3.8, 4) is 0 Å². The van der Waals surface area contributed by atoms with Crippen molar-refractivity contribution in [1.29, 1.82) is 0 Å². The highest BCUT2D eigenvalue weighted by Crippen LogP contribution is 2.18. The Bertz CT molecular complexity index is 494. The molecule has 0 fully saturated rings. The van der Waals surface area contributed by atoms with Crippen LogP contribution in [0, 0.1) is 11.7 Å². The lowest BCUT2D eigenvalue weighted by Crippen LogP contribution is -2.42. The number of aliphatic carboxylic acids is 1. The minimum atomic E-state index is -0.891. The number of nitrogens with one attached hydrogen (secondary N) is 1. The number of hydrogen-bond donors (Lipinski definition) is 2. The topological polar surface area (TPSA) is 69.6 Å². The van der Waals surface area contributed by atoms with Crippen LogP contribution in [-0.4, -0.2) is 30.2 Å². The zero-order valence-electron chi connectivity index (χ0n) is 12.3. The van der Waals surface area contributed by atoms with Gasteiger partial charge < -0.3 is 10.4 Å². The van der Waals surface area contributed by atoms with Crippen molar-refractivity contribution in [2.75, 3.05) is 18.0 Å². The summed E-state index contributed by atoms with van der Waals surface area (Å²) in [5.41, 5.74) is 0.212. The van der Waals surface area contributed by atoms with E-state index in [4.69, 9.17) is 5.11 Å². The Kier molecular flexibility index (Phi) is 6.65. The molecule has 1 aromatic carbocycles. The smallest absolute Gasteiger partial charge is 0.321 e. The Morgan fingerprint density at radius 1 is 1.33 bits per heavy atom. The SMILES string of the molecule is CCC(CNC(=O)N(CC)c1ccccc1F)CC(=O)O. The molecule has 0 aliphatic rings. The van der Waals surface area contributed by atoms with Crippen LogP contribution in [0.3, 0.4) is 0 Å². The molecule has 1 aromatic rings. The van der Waals surface area contributed by atoms with Crippen LogP contribution in [0.25, 0.3) is 0 Å². The molecule has 116 valence electrons. The van der Waals surface area contributed by atoms with E-state index in [1.54, 1.807) is 19.1 Å². The third-order valence-electron chi connectivity index (χ3n) is 3.29. The van der Waals surface area contributed by atoms with E-state index in [0.717, 1.165) is 0 Å². The summed E-state index contributed by atoms with van der Waals surface area (Å²) in [5, 5.41) is 11.5. The zero-order valence-corrected chi connectivity index (χ0v) is 12.3. The van der Waals surface area contributed by atoms with Gasteiger partial charge in [-0.25, -0.2) is 9.18 Å². The molecule has 0 radical (unpaired) electrons. The number of anilines is 1. The van der Waals surface area contributed by atoms with E-state index < -0.39 is 17.8 Å². The molecule has 0 aromatic heterocycles. The standard InChI is InChI=1S/C15H21FN2O3/c1-3-11(9-14(19)20)10-17-15(21)18(4-2)13-8-6-5-7-12(13)16/h5-8,11H,3-4,9-10H2,1-2H3,(H,17,21)(H,19,20). The van der Waals surface area contributed by atoms with Gasteiger partial charge in [0.05, 0.1) is 5.69 Å². The van der Waals surface area contributed by atoms with E-state index in [-0.39, 0.29) is 24.6 Å². The van der Waals surface area contributed by atoms with Crippen LogP contribution >= 0.6 is 0 Å². The minimum absolute atomic E-state index is 0.00258. The van der Waals surface area contributed by atoms with Crippen LogP contribution in [0.15, 0.2) is 24.3 Å². The first-order chi connectivity index (χ1) is 9.99. The highest BCUT2D eigenvalue weighted by atomic mass is 19.1. The number of benzene rings is 1. The van der Waals surface area contributed by atoms with Gasteiger partial charge in [0, 0.05) is 19.5 Å². The van der Waals surface area contributed by atoms with E-state index >= 15 is 0 Å².